The van der Waals surface area contributed by atoms with E-state index in [9.17, 15) is 32.7 Å². The Labute approximate surface area is 339 Å². The molecule has 1 spiro atoms. The highest BCUT2D eigenvalue weighted by molar-refractivity contribution is 5.94. The molecule has 2 N–H and O–H groups in total. The largest absolute Gasteiger partial charge is 0.478 e. The predicted octanol–water partition coefficient (Wildman–Crippen LogP) is 7.73. The van der Waals surface area contributed by atoms with Crippen LogP contribution < -0.4 is 5.32 Å². The SMILES string of the molecule is CC1CC1(C)C.O=CN1CC2(C1)CN(C(=O)c1cnn(Cc3ccccc3C(=O)O)c1)CC2COCc1cccc(C2CCC(C(F)(F)F)CC2)c1C1CCNCC1. The maximum atomic E-state index is 13.8. The summed E-state index contributed by atoms with van der Waals surface area (Å²) in [6.45, 7) is 11.7. The molecule has 3 saturated heterocycles. The Morgan fingerprint density at radius 1 is 0.966 bits per heavy atom. The molecule has 13 heteroatoms. The van der Waals surface area contributed by atoms with Gasteiger partial charge in [0.2, 0.25) is 6.41 Å². The first kappa shape index (κ1) is 41.9. The fourth-order valence-corrected chi connectivity index (χ4v) is 9.89. The van der Waals surface area contributed by atoms with Gasteiger partial charge in [0.25, 0.3) is 5.91 Å². The van der Waals surface area contributed by atoms with Crippen LogP contribution in [0.3, 0.4) is 0 Å². The van der Waals surface area contributed by atoms with Crippen molar-refractivity contribution in [3.05, 3.63) is 88.2 Å². The third kappa shape index (κ3) is 9.30. The smallest absolute Gasteiger partial charge is 0.391 e. The lowest BCUT2D eigenvalue weighted by Crippen LogP contribution is -2.60. The number of alkyl halides is 3. The van der Waals surface area contributed by atoms with Gasteiger partial charge in [-0.05, 0) is 110 Å². The molecule has 2 atom stereocenters. The second kappa shape index (κ2) is 17.2. The van der Waals surface area contributed by atoms with Crippen molar-refractivity contribution in [2.24, 2.45) is 28.6 Å². The molecule has 4 heterocycles. The Balaban J connectivity index is 0.000000783. The van der Waals surface area contributed by atoms with Gasteiger partial charge >= 0.3 is 12.1 Å². The summed E-state index contributed by atoms with van der Waals surface area (Å²) in [5, 5.41) is 17.3. The monoisotopic (exact) mass is 805 g/mol. The lowest BCUT2D eigenvalue weighted by Gasteiger charge is -2.49. The zero-order valence-corrected chi connectivity index (χ0v) is 34.0. The zero-order chi connectivity index (χ0) is 41.2. The van der Waals surface area contributed by atoms with Crippen molar-refractivity contribution in [2.45, 2.75) is 96.9 Å². The quantitative estimate of drug-likeness (QED) is 0.191. The minimum absolute atomic E-state index is 0.00621. The van der Waals surface area contributed by atoms with Crippen molar-refractivity contribution in [1.29, 1.82) is 0 Å². The lowest BCUT2D eigenvalue weighted by molar-refractivity contribution is -0.182. The van der Waals surface area contributed by atoms with E-state index in [0.29, 0.717) is 74.7 Å². The van der Waals surface area contributed by atoms with E-state index in [4.69, 9.17) is 4.74 Å². The Kier molecular flexibility index (Phi) is 12.4. The second-order valence-corrected chi connectivity index (χ2v) is 18.3. The standard InChI is InChI=1S/C39H46F3N5O5.C6H12/c40-39(41,42)31-10-8-26(9-11-31)33-7-3-5-29(35(33)27-12-14-43-15-13-27)20-52-21-32-19-46(24-38(32)22-45(23-38)25-48)36(49)30-16-44-47(18-30)17-28-4-1-2-6-34(28)37(50)51;1-5-4-6(5,2)3/h1-7,16,18,25-27,31-32,43H,8-15,17,19-24H2,(H,50,51);5H,4H2,1-3H3. The number of nitrogens with one attached hydrogen (secondary N) is 1. The first-order valence-electron chi connectivity index (χ1n) is 21.0. The van der Waals surface area contributed by atoms with Gasteiger partial charge in [-0.3, -0.25) is 14.3 Å². The van der Waals surface area contributed by atoms with E-state index in [-0.39, 0.29) is 48.1 Å². The van der Waals surface area contributed by atoms with Crippen LogP contribution >= 0.6 is 0 Å². The minimum atomic E-state index is -4.14. The number of rotatable bonds is 11. The summed E-state index contributed by atoms with van der Waals surface area (Å²) >= 11 is 0. The van der Waals surface area contributed by atoms with Gasteiger partial charge in [0.1, 0.15) is 0 Å². The predicted molar refractivity (Wildman–Crippen MR) is 213 cm³/mol. The molecule has 2 aliphatic carbocycles. The molecular formula is C45H58F3N5O5. The number of piperidine rings is 1. The number of carboxylic acids is 1. The summed E-state index contributed by atoms with van der Waals surface area (Å²) in [5.41, 5.74) is 5.10. The molecule has 58 heavy (non-hydrogen) atoms. The highest BCUT2D eigenvalue weighted by atomic mass is 19.4. The third-order valence-corrected chi connectivity index (χ3v) is 13.9. The first-order chi connectivity index (χ1) is 27.7. The molecule has 3 aromatic rings. The van der Waals surface area contributed by atoms with Crippen molar-refractivity contribution >= 4 is 18.3 Å². The highest BCUT2D eigenvalue weighted by Gasteiger charge is 2.55. The van der Waals surface area contributed by atoms with Crippen LogP contribution in [0.1, 0.15) is 121 Å². The molecule has 0 bridgehead atoms. The average Bonchev–Trinajstić information content (AvgIpc) is 3.51. The Bertz CT molecular complexity index is 1930. The Morgan fingerprint density at radius 3 is 2.28 bits per heavy atom. The number of carbonyl (C=O) groups is 3. The molecule has 5 fully saturated rings. The number of aromatic carboxylic acids is 1. The first-order valence-corrected chi connectivity index (χ1v) is 21.0. The molecule has 3 aliphatic heterocycles. The van der Waals surface area contributed by atoms with E-state index in [1.807, 2.05) is 6.07 Å². The van der Waals surface area contributed by atoms with Crippen molar-refractivity contribution in [2.75, 3.05) is 45.9 Å². The van der Waals surface area contributed by atoms with Gasteiger partial charge < -0.3 is 25.0 Å². The number of amides is 2. The number of benzene rings is 2. The fraction of sp³-hybridized carbons (Fsp3) is 0.600. The minimum Gasteiger partial charge on any atom is -0.478 e. The molecule has 5 aliphatic rings. The van der Waals surface area contributed by atoms with E-state index in [2.05, 4.69) is 43.3 Å². The van der Waals surface area contributed by atoms with Crippen molar-refractivity contribution < 1.29 is 37.4 Å². The molecule has 1 aromatic heterocycles. The summed E-state index contributed by atoms with van der Waals surface area (Å²) in [7, 11) is 0. The second-order valence-electron chi connectivity index (χ2n) is 18.3. The number of hydrogen-bond donors (Lipinski definition) is 2. The molecule has 10 nitrogen and oxygen atoms in total. The number of aromatic nitrogens is 2. The normalized spacial score (nSPS) is 25.1. The van der Waals surface area contributed by atoms with Crippen LogP contribution in [0, 0.1) is 28.6 Å². The van der Waals surface area contributed by atoms with E-state index in [1.54, 1.807) is 38.9 Å². The van der Waals surface area contributed by atoms with Crippen molar-refractivity contribution in [3.8, 4) is 0 Å². The summed E-state index contributed by atoms with van der Waals surface area (Å²) in [6.07, 6.45) is 4.60. The number of ether oxygens (including phenoxy) is 1. The van der Waals surface area contributed by atoms with E-state index >= 15 is 0 Å². The van der Waals surface area contributed by atoms with E-state index in [1.165, 1.54) is 29.8 Å². The molecule has 2 unspecified atom stereocenters. The van der Waals surface area contributed by atoms with Gasteiger partial charge in [0.05, 0.1) is 43.0 Å². The average molecular weight is 806 g/mol. The molecular weight excluding hydrogens is 748 g/mol. The van der Waals surface area contributed by atoms with Gasteiger partial charge in [-0.2, -0.15) is 18.3 Å². The number of carbonyl (C=O) groups excluding carboxylic acids is 2. The summed E-state index contributed by atoms with van der Waals surface area (Å²) < 4.78 is 48.5. The topological polar surface area (TPSA) is 117 Å². The van der Waals surface area contributed by atoms with E-state index in [0.717, 1.165) is 43.8 Å². The van der Waals surface area contributed by atoms with Crippen LogP contribution in [0.2, 0.25) is 0 Å². The van der Waals surface area contributed by atoms with Gasteiger partial charge in [-0.1, -0.05) is 57.2 Å². The molecule has 0 radical (unpaired) electrons. The maximum Gasteiger partial charge on any atom is 0.391 e. The van der Waals surface area contributed by atoms with Gasteiger partial charge in [0.15, 0.2) is 0 Å². The lowest BCUT2D eigenvalue weighted by atomic mass is 9.72. The van der Waals surface area contributed by atoms with Crippen molar-refractivity contribution in [3.63, 3.8) is 0 Å². The maximum absolute atomic E-state index is 13.8. The Morgan fingerprint density at radius 2 is 1.64 bits per heavy atom. The summed E-state index contributed by atoms with van der Waals surface area (Å²) in [5.74, 6) is -1.02. The van der Waals surface area contributed by atoms with Crippen LogP contribution in [-0.2, 0) is 22.7 Å². The molecule has 2 amide bonds. The zero-order valence-electron chi connectivity index (χ0n) is 34.0. The number of likely N-dealkylation sites (tertiary alicyclic amines) is 2. The van der Waals surface area contributed by atoms with Crippen LogP contribution in [0.15, 0.2) is 54.9 Å². The van der Waals surface area contributed by atoms with Crippen molar-refractivity contribution in [1.82, 2.24) is 24.9 Å². The molecule has 2 aromatic carbocycles. The number of hydrogen-bond acceptors (Lipinski definition) is 6. The van der Waals surface area contributed by atoms with Gasteiger partial charge in [-0.25, -0.2) is 4.79 Å². The molecule has 8 rings (SSSR count). The number of halogens is 3. The fourth-order valence-electron chi connectivity index (χ4n) is 9.89. The number of carboxylic acid groups (broad SMARTS) is 1. The van der Waals surface area contributed by atoms with Gasteiger partial charge in [-0.15, -0.1) is 0 Å². The molecule has 2 saturated carbocycles. The van der Waals surface area contributed by atoms with Crippen LogP contribution in [0.5, 0.6) is 0 Å². The third-order valence-electron chi connectivity index (χ3n) is 13.9. The molecule has 314 valence electrons. The highest BCUT2D eigenvalue weighted by Crippen LogP contribution is 2.51. The summed E-state index contributed by atoms with van der Waals surface area (Å²) in [6, 6.07) is 12.9. The Hall–Kier alpha value is -4.23. The van der Waals surface area contributed by atoms with Crippen LogP contribution in [0.4, 0.5) is 13.2 Å². The van der Waals surface area contributed by atoms with Crippen LogP contribution in [0.25, 0.3) is 0 Å². The van der Waals surface area contributed by atoms with Gasteiger partial charge in [0, 0.05) is 43.7 Å². The number of nitrogens with zero attached hydrogens (tertiary/aromatic N) is 4. The van der Waals surface area contributed by atoms with E-state index < -0.39 is 18.1 Å². The summed E-state index contributed by atoms with van der Waals surface area (Å²) in [4.78, 5) is 40.6. The van der Waals surface area contributed by atoms with Crippen LogP contribution in [-0.4, -0.2) is 95.0 Å².